The van der Waals surface area contributed by atoms with Crippen LogP contribution >= 0.6 is 0 Å². The molecule has 0 radical (unpaired) electrons. The van der Waals surface area contributed by atoms with Crippen molar-refractivity contribution < 1.29 is 19.5 Å². The summed E-state index contributed by atoms with van der Waals surface area (Å²) in [7, 11) is 1.87. The molecule has 3 rings (SSSR count). The van der Waals surface area contributed by atoms with Crippen LogP contribution in [0.25, 0.3) is 0 Å². The van der Waals surface area contributed by atoms with Crippen molar-refractivity contribution in [1.29, 1.82) is 0 Å². The van der Waals surface area contributed by atoms with Gasteiger partial charge in [-0.25, -0.2) is 0 Å². The summed E-state index contributed by atoms with van der Waals surface area (Å²) in [6.07, 6.45) is 7.28. The maximum atomic E-state index is 12.7. The van der Waals surface area contributed by atoms with E-state index in [0.717, 1.165) is 12.8 Å². The number of carbonyl (C=O) groups excluding carboxylic acids is 2. The number of aliphatic carboxylic acids is 1. The zero-order chi connectivity index (χ0) is 19.4. The van der Waals surface area contributed by atoms with E-state index in [-0.39, 0.29) is 17.7 Å². The number of anilines is 1. The number of nitrogens with zero attached hydrogens (tertiary/aromatic N) is 1. The number of carboxylic acids is 1. The summed E-state index contributed by atoms with van der Waals surface area (Å²) in [5.41, 5.74) is 1.25. The van der Waals surface area contributed by atoms with Crippen LogP contribution < -0.4 is 5.32 Å². The Kier molecular flexibility index (Phi) is 6.14. The highest BCUT2D eigenvalue weighted by molar-refractivity contribution is 5.96. The molecule has 0 spiro atoms. The van der Waals surface area contributed by atoms with Gasteiger partial charge in [-0.1, -0.05) is 19.3 Å². The summed E-state index contributed by atoms with van der Waals surface area (Å²) >= 11 is 0. The number of hydrogen-bond donors (Lipinski definition) is 2. The Bertz CT molecular complexity index is 695. The first-order valence-corrected chi connectivity index (χ1v) is 9.86. The quantitative estimate of drug-likeness (QED) is 0.828. The molecule has 2 amide bonds. The Morgan fingerprint density at radius 3 is 2.19 bits per heavy atom. The van der Waals surface area contributed by atoms with Crippen molar-refractivity contribution in [3.05, 3.63) is 29.8 Å². The molecule has 6 nitrogen and oxygen atoms in total. The van der Waals surface area contributed by atoms with Gasteiger partial charge in [0, 0.05) is 30.3 Å². The van der Waals surface area contributed by atoms with Crippen LogP contribution in [-0.4, -0.2) is 40.9 Å². The summed E-state index contributed by atoms with van der Waals surface area (Å²) < 4.78 is 0. The normalized spacial score (nSPS) is 23.0. The molecule has 1 aromatic carbocycles. The van der Waals surface area contributed by atoms with Crippen molar-refractivity contribution in [3.63, 3.8) is 0 Å². The van der Waals surface area contributed by atoms with Gasteiger partial charge in [0.15, 0.2) is 0 Å². The first-order chi connectivity index (χ1) is 13.0. The minimum atomic E-state index is -0.824. The number of benzene rings is 1. The second-order valence-corrected chi connectivity index (χ2v) is 7.82. The number of hydrogen-bond acceptors (Lipinski definition) is 3. The molecular weight excluding hydrogens is 344 g/mol. The molecule has 0 heterocycles. The maximum Gasteiger partial charge on any atom is 0.306 e. The molecule has 0 aliphatic heterocycles. The van der Waals surface area contributed by atoms with E-state index in [0.29, 0.717) is 36.6 Å². The summed E-state index contributed by atoms with van der Waals surface area (Å²) in [5.74, 6) is -1.63. The minimum absolute atomic E-state index is 0.0138. The average Bonchev–Trinajstić information content (AvgIpc) is 3.19. The molecule has 2 fully saturated rings. The van der Waals surface area contributed by atoms with E-state index in [2.05, 4.69) is 5.32 Å². The lowest BCUT2D eigenvalue weighted by Gasteiger charge is -2.31. The molecule has 2 saturated carbocycles. The van der Waals surface area contributed by atoms with Gasteiger partial charge in [-0.05, 0) is 56.4 Å². The average molecular weight is 372 g/mol. The minimum Gasteiger partial charge on any atom is -0.481 e. The molecule has 27 heavy (non-hydrogen) atoms. The van der Waals surface area contributed by atoms with Crippen molar-refractivity contribution >= 4 is 23.5 Å². The predicted molar refractivity (Wildman–Crippen MR) is 103 cm³/mol. The largest absolute Gasteiger partial charge is 0.481 e. The van der Waals surface area contributed by atoms with Crippen molar-refractivity contribution in [1.82, 2.24) is 4.90 Å². The molecule has 2 atom stereocenters. The van der Waals surface area contributed by atoms with E-state index in [1.165, 1.54) is 19.3 Å². The van der Waals surface area contributed by atoms with Gasteiger partial charge in [-0.2, -0.15) is 0 Å². The van der Waals surface area contributed by atoms with Crippen LogP contribution in [0.2, 0.25) is 0 Å². The standard InChI is InChI=1S/C21H28N2O4/c1-23(18-5-3-2-4-6-18)20(25)14-9-11-17(12-10-14)22-19(24)15-7-8-16(13-15)21(26)27/h9-12,15-16,18H,2-8,13H2,1H3,(H,22,24)(H,26,27)/t15-,16+/m1/s1. The van der Waals surface area contributed by atoms with Crippen molar-refractivity contribution in [3.8, 4) is 0 Å². The second kappa shape index (κ2) is 8.55. The third kappa shape index (κ3) is 4.67. The third-order valence-electron chi connectivity index (χ3n) is 5.99. The molecule has 0 saturated heterocycles. The molecular formula is C21H28N2O4. The third-order valence-corrected chi connectivity index (χ3v) is 5.99. The van der Waals surface area contributed by atoms with Gasteiger partial charge in [0.25, 0.3) is 5.91 Å². The molecule has 6 heteroatoms. The highest BCUT2D eigenvalue weighted by atomic mass is 16.4. The van der Waals surface area contributed by atoms with E-state index in [4.69, 9.17) is 5.11 Å². The summed E-state index contributed by atoms with van der Waals surface area (Å²) in [5, 5.41) is 11.9. The summed E-state index contributed by atoms with van der Waals surface area (Å²) in [4.78, 5) is 37.9. The Hall–Kier alpha value is -2.37. The summed E-state index contributed by atoms with van der Waals surface area (Å²) in [6.45, 7) is 0. The highest BCUT2D eigenvalue weighted by Crippen LogP contribution is 2.32. The Morgan fingerprint density at radius 2 is 1.59 bits per heavy atom. The lowest BCUT2D eigenvalue weighted by Crippen LogP contribution is -2.38. The highest BCUT2D eigenvalue weighted by Gasteiger charge is 2.33. The van der Waals surface area contributed by atoms with Crippen LogP contribution in [0.3, 0.4) is 0 Å². The first kappa shape index (κ1) is 19.4. The van der Waals surface area contributed by atoms with Crippen molar-refractivity contribution in [2.75, 3.05) is 12.4 Å². The molecule has 2 aliphatic carbocycles. The smallest absolute Gasteiger partial charge is 0.306 e. The van der Waals surface area contributed by atoms with Gasteiger partial charge in [0.05, 0.1) is 5.92 Å². The van der Waals surface area contributed by atoms with Gasteiger partial charge in [0.1, 0.15) is 0 Å². The lowest BCUT2D eigenvalue weighted by atomic mass is 9.94. The van der Waals surface area contributed by atoms with Crippen LogP contribution in [0.4, 0.5) is 5.69 Å². The number of carboxylic acid groups (broad SMARTS) is 1. The van der Waals surface area contributed by atoms with Crippen molar-refractivity contribution in [2.24, 2.45) is 11.8 Å². The van der Waals surface area contributed by atoms with Gasteiger partial charge >= 0.3 is 5.97 Å². The number of rotatable bonds is 5. The number of nitrogens with one attached hydrogen (secondary N) is 1. The Morgan fingerprint density at radius 1 is 0.963 bits per heavy atom. The Labute approximate surface area is 159 Å². The second-order valence-electron chi connectivity index (χ2n) is 7.82. The van der Waals surface area contributed by atoms with Gasteiger partial charge in [-0.15, -0.1) is 0 Å². The van der Waals surface area contributed by atoms with Crippen LogP contribution in [0.1, 0.15) is 61.7 Å². The van der Waals surface area contributed by atoms with Crippen LogP contribution in [0.5, 0.6) is 0 Å². The number of amides is 2. The van der Waals surface area contributed by atoms with E-state index >= 15 is 0 Å². The first-order valence-electron chi connectivity index (χ1n) is 9.86. The zero-order valence-corrected chi connectivity index (χ0v) is 15.8. The molecule has 1 aromatic rings. The van der Waals surface area contributed by atoms with Crippen LogP contribution in [-0.2, 0) is 9.59 Å². The molecule has 2 aliphatic rings. The molecule has 146 valence electrons. The van der Waals surface area contributed by atoms with Gasteiger partial charge in [0.2, 0.25) is 5.91 Å². The fraction of sp³-hybridized carbons (Fsp3) is 0.571. The van der Waals surface area contributed by atoms with E-state index in [1.54, 1.807) is 24.3 Å². The van der Waals surface area contributed by atoms with E-state index < -0.39 is 11.9 Å². The van der Waals surface area contributed by atoms with Gasteiger partial charge < -0.3 is 15.3 Å². The maximum absolute atomic E-state index is 12.7. The number of carbonyl (C=O) groups is 3. The van der Waals surface area contributed by atoms with Gasteiger partial charge in [-0.3, -0.25) is 14.4 Å². The van der Waals surface area contributed by atoms with Crippen LogP contribution in [0, 0.1) is 11.8 Å². The van der Waals surface area contributed by atoms with E-state index in [1.807, 2.05) is 11.9 Å². The molecule has 0 aromatic heterocycles. The Balaban J connectivity index is 1.56. The zero-order valence-electron chi connectivity index (χ0n) is 15.8. The fourth-order valence-electron chi connectivity index (χ4n) is 4.22. The molecule has 0 unspecified atom stereocenters. The van der Waals surface area contributed by atoms with E-state index in [9.17, 15) is 14.4 Å². The van der Waals surface area contributed by atoms with Crippen LogP contribution in [0.15, 0.2) is 24.3 Å². The monoisotopic (exact) mass is 372 g/mol. The summed E-state index contributed by atoms with van der Waals surface area (Å²) in [6, 6.07) is 7.28. The topological polar surface area (TPSA) is 86.7 Å². The predicted octanol–water partition coefficient (Wildman–Crippen LogP) is 3.53. The fourth-order valence-corrected chi connectivity index (χ4v) is 4.22. The lowest BCUT2D eigenvalue weighted by molar-refractivity contribution is -0.141. The molecule has 0 bridgehead atoms. The van der Waals surface area contributed by atoms with Crippen molar-refractivity contribution in [2.45, 2.75) is 57.4 Å². The SMILES string of the molecule is CN(C(=O)c1ccc(NC(=O)[C@@H]2CC[C@H](C(=O)O)C2)cc1)C1CCCCC1. The molecule has 2 N–H and O–H groups in total.